The first-order valence-corrected chi connectivity index (χ1v) is 7.86. The second-order valence-electron chi connectivity index (χ2n) is 6.78. The van der Waals surface area contributed by atoms with E-state index in [1.54, 1.807) is 24.3 Å². The zero-order valence-electron chi connectivity index (χ0n) is 12.4. The van der Waals surface area contributed by atoms with Gasteiger partial charge < -0.3 is 0 Å². The van der Waals surface area contributed by atoms with E-state index in [-0.39, 0.29) is 17.2 Å². The molecular formula is C16H20BrNO2. The lowest BCUT2D eigenvalue weighted by atomic mass is 9.81. The maximum Gasteiger partial charge on any atom is 0.262 e. The number of hydrogen-bond donors (Lipinski definition) is 0. The summed E-state index contributed by atoms with van der Waals surface area (Å²) in [4.78, 5) is 26.5. The largest absolute Gasteiger partial charge is 0.269 e. The van der Waals surface area contributed by atoms with Gasteiger partial charge in [-0.2, -0.15) is 0 Å². The molecule has 108 valence electrons. The predicted molar refractivity (Wildman–Crippen MR) is 83.2 cm³/mol. The van der Waals surface area contributed by atoms with Gasteiger partial charge in [-0.05, 0) is 37.8 Å². The molecule has 0 saturated carbocycles. The summed E-state index contributed by atoms with van der Waals surface area (Å²) < 4.78 is 0. The van der Waals surface area contributed by atoms with Crippen molar-refractivity contribution in [3.8, 4) is 0 Å². The fourth-order valence-electron chi connectivity index (χ4n) is 3.04. The summed E-state index contributed by atoms with van der Waals surface area (Å²) in [6, 6.07) is 7.04. The van der Waals surface area contributed by atoms with Crippen LogP contribution in [0.15, 0.2) is 24.3 Å². The maximum absolute atomic E-state index is 12.5. The molecule has 3 nitrogen and oxygen atoms in total. The molecule has 20 heavy (non-hydrogen) atoms. The molecule has 1 aromatic carbocycles. The van der Waals surface area contributed by atoms with Gasteiger partial charge in [0.2, 0.25) is 0 Å². The van der Waals surface area contributed by atoms with Gasteiger partial charge in [-0.15, -0.1) is 0 Å². The van der Waals surface area contributed by atoms with Crippen molar-refractivity contribution in [1.29, 1.82) is 0 Å². The Bertz CT molecular complexity index is 528. The van der Waals surface area contributed by atoms with Crippen LogP contribution in [0.25, 0.3) is 0 Å². The van der Waals surface area contributed by atoms with Gasteiger partial charge in [0, 0.05) is 10.9 Å². The molecule has 0 saturated heterocycles. The number of nitrogens with zero attached hydrogens (tertiary/aromatic N) is 1. The van der Waals surface area contributed by atoms with E-state index in [1.165, 1.54) is 4.90 Å². The van der Waals surface area contributed by atoms with Gasteiger partial charge in [-0.1, -0.05) is 41.9 Å². The Labute approximate surface area is 128 Å². The lowest BCUT2D eigenvalue weighted by molar-refractivity contribution is 0.0411. The Morgan fingerprint density at radius 3 is 1.85 bits per heavy atom. The molecule has 0 radical (unpaired) electrons. The molecule has 1 aliphatic heterocycles. The fourth-order valence-corrected chi connectivity index (χ4v) is 3.23. The smallest absolute Gasteiger partial charge is 0.262 e. The van der Waals surface area contributed by atoms with Crippen LogP contribution in [0.5, 0.6) is 0 Å². The van der Waals surface area contributed by atoms with Gasteiger partial charge in [-0.25, -0.2) is 0 Å². The average molecular weight is 338 g/mol. The minimum Gasteiger partial charge on any atom is -0.269 e. The molecule has 1 heterocycles. The first-order valence-electron chi connectivity index (χ1n) is 6.73. The van der Waals surface area contributed by atoms with Crippen molar-refractivity contribution in [1.82, 2.24) is 4.90 Å². The Balaban J connectivity index is 2.36. The number of benzene rings is 1. The van der Waals surface area contributed by atoms with Crippen LogP contribution in [0.4, 0.5) is 0 Å². The van der Waals surface area contributed by atoms with Crippen LogP contribution in [-0.4, -0.2) is 27.6 Å². The monoisotopic (exact) mass is 337 g/mol. The molecule has 1 aliphatic rings. The lowest BCUT2D eigenvalue weighted by Crippen LogP contribution is -2.50. The second kappa shape index (κ2) is 4.99. The first-order chi connectivity index (χ1) is 9.19. The van der Waals surface area contributed by atoms with Crippen molar-refractivity contribution >= 4 is 27.7 Å². The van der Waals surface area contributed by atoms with E-state index in [4.69, 9.17) is 0 Å². The summed E-state index contributed by atoms with van der Waals surface area (Å²) in [6.07, 6.45) is 0.747. The quantitative estimate of drug-likeness (QED) is 0.617. The van der Waals surface area contributed by atoms with Crippen molar-refractivity contribution in [2.75, 3.05) is 5.33 Å². The SMILES string of the molecule is CC(C)(CBr)CC(C)(C)N1C(=O)c2ccccc2C1=O. The molecule has 4 heteroatoms. The number of carbonyl (C=O) groups is 2. The topological polar surface area (TPSA) is 37.4 Å². The number of fused-ring (bicyclic) bond motifs is 1. The third-order valence-corrected chi connectivity index (χ3v) is 5.19. The summed E-state index contributed by atoms with van der Waals surface area (Å²) in [5, 5.41) is 0.826. The van der Waals surface area contributed by atoms with Crippen LogP contribution < -0.4 is 0 Å². The number of halogens is 1. The van der Waals surface area contributed by atoms with Crippen molar-refractivity contribution < 1.29 is 9.59 Å². The second-order valence-corrected chi connectivity index (χ2v) is 7.34. The summed E-state index contributed by atoms with van der Waals surface area (Å²) in [6.45, 7) is 8.17. The fraction of sp³-hybridized carbons (Fsp3) is 0.500. The van der Waals surface area contributed by atoms with E-state index in [2.05, 4.69) is 29.8 Å². The summed E-state index contributed by atoms with van der Waals surface area (Å²) in [5.74, 6) is -0.359. The van der Waals surface area contributed by atoms with Gasteiger partial charge in [0.05, 0.1) is 11.1 Å². The Hall–Kier alpha value is -1.16. The number of rotatable bonds is 4. The van der Waals surface area contributed by atoms with E-state index in [0.29, 0.717) is 11.1 Å². The van der Waals surface area contributed by atoms with E-state index in [1.807, 2.05) is 13.8 Å². The van der Waals surface area contributed by atoms with Gasteiger partial charge in [0.15, 0.2) is 0 Å². The number of amides is 2. The maximum atomic E-state index is 12.5. The van der Waals surface area contributed by atoms with Crippen molar-refractivity contribution in [3.63, 3.8) is 0 Å². The molecule has 0 aromatic heterocycles. The highest BCUT2D eigenvalue weighted by Gasteiger charge is 2.45. The predicted octanol–water partition coefficient (Wildman–Crippen LogP) is 3.87. The normalized spacial score (nSPS) is 15.8. The summed E-state index contributed by atoms with van der Waals surface area (Å²) in [5.41, 5.74) is 0.535. The molecule has 0 atom stereocenters. The van der Waals surface area contributed by atoms with Crippen LogP contribution in [0, 0.1) is 5.41 Å². The molecule has 0 spiro atoms. The van der Waals surface area contributed by atoms with Gasteiger partial charge in [0.25, 0.3) is 11.8 Å². The van der Waals surface area contributed by atoms with Gasteiger partial charge >= 0.3 is 0 Å². The van der Waals surface area contributed by atoms with Crippen molar-refractivity contribution in [2.24, 2.45) is 5.41 Å². The minimum atomic E-state index is -0.509. The van der Waals surface area contributed by atoms with Crippen LogP contribution >= 0.6 is 15.9 Å². The number of carbonyl (C=O) groups excluding carboxylic acids is 2. The highest BCUT2D eigenvalue weighted by Crippen LogP contribution is 2.37. The zero-order valence-corrected chi connectivity index (χ0v) is 14.0. The minimum absolute atomic E-state index is 0.0127. The molecule has 0 fully saturated rings. The Morgan fingerprint density at radius 2 is 1.45 bits per heavy atom. The molecule has 0 N–H and O–H groups in total. The van der Waals surface area contributed by atoms with E-state index >= 15 is 0 Å². The third kappa shape index (κ3) is 2.53. The van der Waals surface area contributed by atoms with Crippen molar-refractivity contribution in [3.05, 3.63) is 35.4 Å². The summed E-state index contributed by atoms with van der Waals surface area (Å²) in [7, 11) is 0. The molecule has 1 aromatic rings. The van der Waals surface area contributed by atoms with Crippen LogP contribution in [0.2, 0.25) is 0 Å². The Morgan fingerprint density at radius 1 is 1.00 bits per heavy atom. The number of alkyl halides is 1. The van der Waals surface area contributed by atoms with Gasteiger partial charge in [-0.3, -0.25) is 14.5 Å². The van der Waals surface area contributed by atoms with Crippen LogP contribution in [0.3, 0.4) is 0 Å². The molecule has 2 amide bonds. The highest BCUT2D eigenvalue weighted by atomic mass is 79.9. The Kier molecular flexibility index (Phi) is 3.80. The standard InChI is InChI=1S/C16H20BrNO2/c1-15(2,10-17)9-16(3,4)18-13(19)11-7-5-6-8-12(11)14(18)20/h5-8H,9-10H2,1-4H3. The average Bonchev–Trinajstić information content (AvgIpc) is 2.62. The summed E-state index contributed by atoms with van der Waals surface area (Å²) >= 11 is 3.50. The van der Waals surface area contributed by atoms with E-state index < -0.39 is 5.54 Å². The lowest BCUT2D eigenvalue weighted by Gasteiger charge is -2.39. The number of hydrogen-bond acceptors (Lipinski definition) is 2. The molecule has 0 unspecified atom stereocenters. The van der Waals surface area contributed by atoms with Gasteiger partial charge in [0.1, 0.15) is 0 Å². The number of imide groups is 1. The van der Waals surface area contributed by atoms with Crippen LogP contribution in [0.1, 0.15) is 54.8 Å². The van der Waals surface area contributed by atoms with E-state index in [0.717, 1.165) is 11.8 Å². The zero-order chi connectivity index (χ0) is 15.1. The first kappa shape index (κ1) is 15.2. The molecule has 0 bridgehead atoms. The highest BCUT2D eigenvalue weighted by molar-refractivity contribution is 9.09. The molecule has 2 rings (SSSR count). The van der Waals surface area contributed by atoms with Crippen molar-refractivity contribution in [2.45, 2.75) is 39.7 Å². The molecule has 0 aliphatic carbocycles. The van der Waals surface area contributed by atoms with E-state index in [9.17, 15) is 9.59 Å². The third-order valence-electron chi connectivity index (χ3n) is 3.67. The van der Waals surface area contributed by atoms with Crippen LogP contribution in [-0.2, 0) is 0 Å². The molecular weight excluding hydrogens is 318 g/mol.